The van der Waals surface area contributed by atoms with Crippen molar-refractivity contribution in [2.75, 3.05) is 5.73 Å². The maximum atomic E-state index is 10.8. The van der Waals surface area contributed by atoms with Gasteiger partial charge >= 0.3 is 0 Å². The number of rotatable bonds is 2. The molecule has 1 fully saturated rings. The summed E-state index contributed by atoms with van der Waals surface area (Å²) >= 11 is 0. The molecule has 19 heavy (non-hydrogen) atoms. The van der Waals surface area contributed by atoms with Gasteiger partial charge in [-0.1, -0.05) is 36.4 Å². The zero-order valence-corrected chi connectivity index (χ0v) is 10.5. The van der Waals surface area contributed by atoms with Gasteiger partial charge in [-0.05, 0) is 24.5 Å². The van der Waals surface area contributed by atoms with Crippen molar-refractivity contribution in [1.82, 2.24) is 0 Å². The number of pyridine rings is 1. The van der Waals surface area contributed by atoms with E-state index in [4.69, 9.17) is 5.73 Å². The van der Waals surface area contributed by atoms with E-state index in [9.17, 15) is 9.90 Å². The number of nitrogens with two attached hydrogens (primary N) is 1. The minimum absolute atomic E-state index is 0.652. The third kappa shape index (κ3) is 3.10. The SMILES string of the molecule is Nc1cccc[nH+]1.O=C([O-])C1(c2ccccc2)CC1. The Labute approximate surface area is 111 Å². The molecular formula is C15H16N2O2. The average Bonchev–Trinajstić information content (AvgIpc) is 3.23. The van der Waals surface area contributed by atoms with Gasteiger partial charge in [0.15, 0.2) is 0 Å². The zero-order valence-electron chi connectivity index (χ0n) is 10.5. The largest absolute Gasteiger partial charge is 0.549 e. The number of H-pyrrole nitrogens is 1. The summed E-state index contributed by atoms with van der Waals surface area (Å²) in [7, 11) is 0. The Morgan fingerprint density at radius 1 is 1.11 bits per heavy atom. The van der Waals surface area contributed by atoms with Gasteiger partial charge < -0.3 is 9.90 Å². The summed E-state index contributed by atoms with van der Waals surface area (Å²) < 4.78 is 0. The highest BCUT2D eigenvalue weighted by Gasteiger charge is 2.45. The Balaban J connectivity index is 0.000000163. The van der Waals surface area contributed by atoms with Crippen LogP contribution in [0.1, 0.15) is 18.4 Å². The van der Waals surface area contributed by atoms with Crippen molar-refractivity contribution in [2.45, 2.75) is 18.3 Å². The van der Waals surface area contributed by atoms with Gasteiger partial charge in [-0.15, -0.1) is 0 Å². The van der Waals surface area contributed by atoms with Crippen molar-refractivity contribution in [3.63, 3.8) is 0 Å². The molecule has 1 aromatic heterocycles. The zero-order chi connectivity index (χ0) is 13.7. The molecule has 4 heteroatoms. The van der Waals surface area contributed by atoms with E-state index in [0.717, 1.165) is 18.4 Å². The van der Waals surface area contributed by atoms with E-state index in [1.165, 1.54) is 0 Å². The van der Waals surface area contributed by atoms with Crippen LogP contribution in [0, 0.1) is 0 Å². The Morgan fingerprint density at radius 2 is 1.74 bits per heavy atom. The minimum atomic E-state index is -0.936. The first-order valence-electron chi connectivity index (χ1n) is 6.14. The highest BCUT2D eigenvalue weighted by Crippen LogP contribution is 2.47. The second kappa shape index (κ2) is 5.52. The van der Waals surface area contributed by atoms with E-state index < -0.39 is 11.4 Å². The first kappa shape index (κ1) is 13.1. The number of aromatic nitrogens is 1. The van der Waals surface area contributed by atoms with E-state index in [2.05, 4.69) is 4.98 Å². The number of hydrogen-bond donors (Lipinski definition) is 1. The fourth-order valence-corrected chi connectivity index (χ4v) is 1.90. The smallest absolute Gasteiger partial charge is 0.269 e. The fourth-order valence-electron chi connectivity index (χ4n) is 1.90. The van der Waals surface area contributed by atoms with Crippen molar-refractivity contribution in [1.29, 1.82) is 0 Å². The molecule has 1 aromatic carbocycles. The lowest BCUT2D eigenvalue weighted by Gasteiger charge is -2.15. The van der Waals surface area contributed by atoms with Gasteiger partial charge in [-0.3, -0.25) is 5.73 Å². The maximum Gasteiger partial charge on any atom is 0.269 e. The van der Waals surface area contributed by atoms with E-state index in [-0.39, 0.29) is 0 Å². The predicted molar refractivity (Wildman–Crippen MR) is 69.8 cm³/mol. The molecule has 1 heterocycles. The molecule has 0 atom stereocenters. The lowest BCUT2D eigenvalue weighted by atomic mass is 9.97. The highest BCUT2D eigenvalue weighted by molar-refractivity contribution is 5.83. The molecule has 4 nitrogen and oxygen atoms in total. The molecule has 98 valence electrons. The van der Waals surface area contributed by atoms with Gasteiger partial charge in [0.25, 0.3) is 5.82 Å². The molecule has 0 radical (unpaired) electrons. The molecule has 0 bridgehead atoms. The van der Waals surface area contributed by atoms with Crippen LogP contribution in [0.2, 0.25) is 0 Å². The number of anilines is 1. The van der Waals surface area contributed by atoms with Crippen molar-refractivity contribution >= 4 is 11.8 Å². The molecule has 1 saturated carbocycles. The van der Waals surface area contributed by atoms with Crippen LogP contribution >= 0.6 is 0 Å². The van der Waals surface area contributed by atoms with Crippen molar-refractivity contribution in [3.05, 3.63) is 60.3 Å². The predicted octanol–water partition coefficient (Wildman–Crippen LogP) is 0.551. The molecule has 3 N–H and O–H groups in total. The Bertz CT molecular complexity index is 537. The molecule has 0 saturated heterocycles. The normalized spacial score (nSPS) is 14.9. The van der Waals surface area contributed by atoms with E-state index in [0.29, 0.717) is 5.82 Å². The number of hydrogen-bond acceptors (Lipinski definition) is 3. The van der Waals surface area contributed by atoms with Crippen molar-refractivity contribution in [2.24, 2.45) is 0 Å². The topological polar surface area (TPSA) is 80.3 Å². The Kier molecular flexibility index (Phi) is 3.80. The number of carbonyl (C=O) groups excluding carboxylic acids is 1. The number of aliphatic carboxylic acids is 1. The number of nitrogen functional groups attached to an aromatic ring is 1. The Morgan fingerprint density at radius 3 is 2.11 bits per heavy atom. The lowest BCUT2D eigenvalue weighted by Crippen LogP contribution is -2.35. The summed E-state index contributed by atoms with van der Waals surface area (Å²) in [6.07, 6.45) is 3.23. The van der Waals surface area contributed by atoms with Gasteiger partial charge in [-0.2, -0.15) is 0 Å². The number of nitrogens with one attached hydrogen (secondary N) is 1. The van der Waals surface area contributed by atoms with Gasteiger partial charge in [0.05, 0.1) is 12.2 Å². The van der Waals surface area contributed by atoms with E-state index >= 15 is 0 Å². The van der Waals surface area contributed by atoms with Crippen LogP contribution in [-0.2, 0) is 10.2 Å². The van der Waals surface area contributed by atoms with Gasteiger partial charge in [0, 0.05) is 11.5 Å². The number of aromatic amines is 1. The second-order valence-corrected chi connectivity index (χ2v) is 4.55. The molecule has 0 aliphatic heterocycles. The molecule has 1 aliphatic rings. The third-order valence-electron chi connectivity index (χ3n) is 3.20. The number of carboxylic acids is 1. The molecular weight excluding hydrogens is 240 g/mol. The maximum absolute atomic E-state index is 10.8. The first-order chi connectivity index (χ1) is 9.15. The van der Waals surface area contributed by atoms with Gasteiger partial charge in [0.1, 0.15) is 0 Å². The number of carbonyl (C=O) groups is 1. The van der Waals surface area contributed by atoms with Gasteiger partial charge in [0.2, 0.25) is 0 Å². The number of carboxylic acid groups (broad SMARTS) is 1. The molecule has 0 unspecified atom stereocenters. The second-order valence-electron chi connectivity index (χ2n) is 4.55. The standard InChI is InChI=1S/C10H10O2.C5H6N2/c11-9(12)10(6-7-10)8-4-2-1-3-5-8;6-5-3-1-2-4-7-5/h1-5H,6-7H2,(H,11,12);1-4H,(H2,6,7). The minimum Gasteiger partial charge on any atom is -0.549 e. The highest BCUT2D eigenvalue weighted by atomic mass is 16.4. The third-order valence-corrected chi connectivity index (χ3v) is 3.20. The molecule has 0 spiro atoms. The number of benzene rings is 1. The van der Waals surface area contributed by atoms with Crippen LogP contribution in [0.3, 0.4) is 0 Å². The van der Waals surface area contributed by atoms with Gasteiger partial charge in [-0.25, -0.2) is 4.98 Å². The monoisotopic (exact) mass is 256 g/mol. The quantitative estimate of drug-likeness (QED) is 0.852. The Hall–Kier alpha value is -2.36. The van der Waals surface area contributed by atoms with Crippen molar-refractivity contribution in [3.8, 4) is 0 Å². The fraction of sp³-hybridized carbons (Fsp3) is 0.200. The van der Waals surface area contributed by atoms with Crippen LogP contribution in [0.15, 0.2) is 54.7 Å². The molecule has 3 rings (SSSR count). The summed E-state index contributed by atoms with van der Waals surface area (Å²) in [5.74, 6) is -0.240. The first-order valence-corrected chi connectivity index (χ1v) is 6.14. The van der Waals surface area contributed by atoms with Crippen LogP contribution in [0.5, 0.6) is 0 Å². The van der Waals surface area contributed by atoms with Crippen LogP contribution in [-0.4, -0.2) is 5.97 Å². The summed E-state index contributed by atoms with van der Waals surface area (Å²) in [6, 6.07) is 14.9. The van der Waals surface area contributed by atoms with Crippen LogP contribution in [0.25, 0.3) is 0 Å². The molecule has 2 aromatic rings. The summed E-state index contributed by atoms with van der Waals surface area (Å²) in [5.41, 5.74) is 5.53. The van der Waals surface area contributed by atoms with Crippen LogP contribution < -0.4 is 15.8 Å². The summed E-state index contributed by atoms with van der Waals surface area (Å²) in [6.45, 7) is 0. The van der Waals surface area contributed by atoms with Crippen molar-refractivity contribution < 1.29 is 14.9 Å². The summed E-state index contributed by atoms with van der Waals surface area (Å²) in [5, 5.41) is 10.8. The lowest BCUT2D eigenvalue weighted by molar-refractivity contribution is -0.360. The van der Waals surface area contributed by atoms with E-state index in [1.54, 1.807) is 12.3 Å². The molecule has 0 amide bonds. The summed E-state index contributed by atoms with van der Waals surface area (Å²) in [4.78, 5) is 13.6. The van der Waals surface area contributed by atoms with Crippen LogP contribution in [0.4, 0.5) is 5.82 Å². The average molecular weight is 256 g/mol. The molecule has 1 aliphatic carbocycles. The van der Waals surface area contributed by atoms with E-state index in [1.807, 2.05) is 42.5 Å².